The molecule has 5 nitrogen and oxygen atoms in total. The molecule has 1 aromatic carbocycles. The van der Waals surface area contributed by atoms with Crippen molar-refractivity contribution < 1.29 is 0 Å². The summed E-state index contributed by atoms with van der Waals surface area (Å²) in [6, 6.07) is 12.6. The highest BCUT2D eigenvalue weighted by Crippen LogP contribution is 2.17. The zero-order chi connectivity index (χ0) is 15.4. The van der Waals surface area contributed by atoms with Crippen LogP contribution in [-0.4, -0.2) is 15.0 Å². The molecule has 0 spiro atoms. The Bertz CT molecular complexity index is 833. The highest BCUT2D eigenvalue weighted by molar-refractivity contribution is 6.31. The molecule has 0 saturated heterocycles. The predicted octanol–water partition coefficient (Wildman–Crippen LogP) is 3.10. The lowest BCUT2D eigenvalue weighted by molar-refractivity contribution is 1.04. The molecule has 6 heteroatoms. The first kappa shape index (κ1) is 14.3. The van der Waals surface area contributed by atoms with E-state index in [-0.39, 0.29) is 5.56 Å². The van der Waals surface area contributed by atoms with E-state index in [9.17, 15) is 4.79 Å². The molecule has 3 aromatic rings. The highest BCUT2D eigenvalue weighted by atomic mass is 35.5. The van der Waals surface area contributed by atoms with E-state index in [0.717, 1.165) is 11.1 Å². The van der Waals surface area contributed by atoms with Gasteiger partial charge in [-0.2, -0.15) is 0 Å². The summed E-state index contributed by atoms with van der Waals surface area (Å²) in [4.78, 5) is 22.8. The second-order valence-corrected chi connectivity index (χ2v) is 5.07. The summed E-state index contributed by atoms with van der Waals surface area (Å²) in [6.45, 7) is 0.475. The number of H-pyrrole nitrogens is 1. The Morgan fingerprint density at radius 3 is 2.68 bits per heavy atom. The van der Waals surface area contributed by atoms with Gasteiger partial charge >= 0.3 is 0 Å². The summed E-state index contributed by atoms with van der Waals surface area (Å²) in [5, 5.41) is 3.76. The van der Waals surface area contributed by atoms with Crippen LogP contribution in [0.5, 0.6) is 0 Å². The second kappa shape index (κ2) is 6.41. The van der Waals surface area contributed by atoms with E-state index in [1.54, 1.807) is 24.5 Å². The molecule has 0 amide bonds. The number of aromatic nitrogens is 3. The van der Waals surface area contributed by atoms with Crippen LogP contribution in [0.3, 0.4) is 0 Å². The normalized spacial score (nSPS) is 10.4. The monoisotopic (exact) mass is 312 g/mol. The van der Waals surface area contributed by atoms with Crippen LogP contribution in [0.1, 0.15) is 5.56 Å². The average Bonchev–Trinajstić information content (AvgIpc) is 2.54. The van der Waals surface area contributed by atoms with Crippen molar-refractivity contribution in [3.8, 4) is 11.3 Å². The number of hydrogen-bond donors (Lipinski definition) is 2. The summed E-state index contributed by atoms with van der Waals surface area (Å²) in [6.07, 6.45) is 3.32. The van der Waals surface area contributed by atoms with Crippen molar-refractivity contribution in [1.82, 2.24) is 15.0 Å². The Morgan fingerprint density at radius 2 is 1.91 bits per heavy atom. The van der Waals surface area contributed by atoms with E-state index in [1.165, 1.54) is 6.07 Å². The fourth-order valence-corrected chi connectivity index (χ4v) is 2.24. The van der Waals surface area contributed by atoms with Crippen LogP contribution in [0, 0.1) is 0 Å². The van der Waals surface area contributed by atoms with Gasteiger partial charge in [0.2, 0.25) is 5.95 Å². The van der Waals surface area contributed by atoms with E-state index in [4.69, 9.17) is 11.6 Å². The second-order valence-electron chi connectivity index (χ2n) is 4.66. The maximum Gasteiger partial charge on any atom is 0.252 e. The molecular formula is C16H13ClN4O. The first-order chi connectivity index (χ1) is 10.7. The molecule has 2 N–H and O–H groups in total. The molecule has 2 heterocycles. The molecule has 0 aliphatic heterocycles. The quantitative estimate of drug-likeness (QED) is 0.776. The zero-order valence-electron chi connectivity index (χ0n) is 11.6. The first-order valence-corrected chi connectivity index (χ1v) is 7.09. The lowest BCUT2D eigenvalue weighted by Crippen LogP contribution is -2.12. The molecule has 0 radical (unpaired) electrons. The van der Waals surface area contributed by atoms with E-state index in [1.807, 2.05) is 24.3 Å². The molecule has 22 heavy (non-hydrogen) atoms. The predicted molar refractivity (Wildman–Crippen MR) is 86.9 cm³/mol. The van der Waals surface area contributed by atoms with Crippen LogP contribution in [0.25, 0.3) is 11.3 Å². The largest absolute Gasteiger partial charge is 0.352 e. The van der Waals surface area contributed by atoms with Crippen LogP contribution in [0.4, 0.5) is 5.95 Å². The molecule has 0 atom stereocenters. The lowest BCUT2D eigenvalue weighted by atomic mass is 10.2. The zero-order valence-corrected chi connectivity index (χ0v) is 12.3. The molecule has 0 aliphatic carbocycles. The highest BCUT2D eigenvalue weighted by Gasteiger charge is 2.05. The third-order valence-electron chi connectivity index (χ3n) is 3.12. The van der Waals surface area contributed by atoms with Gasteiger partial charge in [-0.1, -0.05) is 29.8 Å². The van der Waals surface area contributed by atoms with Crippen LogP contribution < -0.4 is 10.9 Å². The van der Waals surface area contributed by atoms with Gasteiger partial charge < -0.3 is 5.32 Å². The fraction of sp³-hybridized carbons (Fsp3) is 0.0625. The SMILES string of the molecule is O=c1cc(-c2ccncc2)nc(NCc2ccccc2Cl)[nH]1. The topological polar surface area (TPSA) is 70.7 Å². The van der Waals surface area contributed by atoms with E-state index < -0.39 is 0 Å². The van der Waals surface area contributed by atoms with Gasteiger partial charge in [-0.15, -0.1) is 0 Å². The van der Waals surface area contributed by atoms with Gasteiger partial charge in [-0.3, -0.25) is 14.8 Å². The van der Waals surface area contributed by atoms with E-state index in [2.05, 4.69) is 20.3 Å². The van der Waals surface area contributed by atoms with Gasteiger partial charge in [0.15, 0.2) is 0 Å². The van der Waals surface area contributed by atoms with Gasteiger partial charge in [-0.05, 0) is 23.8 Å². The van der Waals surface area contributed by atoms with E-state index in [0.29, 0.717) is 23.2 Å². The molecule has 0 fully saturated rings. The maximum atomic E-state index is 11.8. The Hall–Kier alpha value is -2.66. The number of benzene rings is 1. The minimum atomic E-state index is -0.219. The van der Waals surface area contributed by atoms with Crippen LogP contribution in [-0.2, 0) is 6.54 Å². The average molecular weight is 313 g/mol. The molecule has 2 aromatic heterocycles. The number of halogens is 1. The van der Waals surface area contributed by atoms with Crippen molar-refractivity contribution in [2.45, 2.75) is 6.54 Å². The van der Waals surface area contributed by atoms with Crippen molar-refractivity contribution in [3.05, 3.63) is 75.8 Å². The number of hydrogen-bond acceptors (Lipinski definition) is 4. The third-order valence-corrected chi connectivity index (χ3v) is 3.49. The summed E-state index contributed by atoms with van der Waals surface area (Å²) >= 11 is 6.11. The van der Waals surface area contributed by atoms with Crippen molar-refractivity contribution >= 4 is 17.5 Å². The van der Waals surface area contributed by atoms with Gasteiger partial charge in [0.25, 0.3) is 5.56 Å². The summed E-state index contributed by atoms with van der Waals surface area (Å²) in [5.74, 6) is 0.402. The van der Waals surface area contributed by atoms with Crippen molar-refractivity contribution in [2.24, 2.45) is 0 Å². The van der Waals surface area contributed by atoms with Crippen LogP contribution in [0.15, 0.2) is 59.7 Å². The number of anilines is 1. The molecule has 0 bridgehead atoms. The van der Waals surface area contributed by atoms with Gasteiger partial charge in [0.05, 0.1) is 5.69 Å². The summed E-state index contributed by atoms with van der Waals surface area (Å²) < 4.78 is 0. The molecule has 0 saturated carbocycles. The van der Waals surface area contributed by atoms with Crippen LogP contribution >= 0.6 is 11.6 Å². The maximum absolute atomic E-state index is 11.8. The Kier molecular flexibility index (Phi) is 4.16. The number of rotatable bonds is 4. The minimum absolute atomic E-state index is 0.219. The summed E-state index contributed by atoms with van der Waals surface area (Å²) in [5.41, 5.74) is 2.14. The molecule has 3 rings (SSSR count). The Morgan fingerprint density at radius 1 is 1.14 bits per heavy atom. The minimum Gasteiger partial charge on any atom is -0.352 e. The van der Waals surface area contributed by atoms with Crippen LogP contribution in [0.2, 0.25) is 5.02 Å². The van der Waals surface area contributed by atoms with Crippen molar-refractivity contribution in [3.63, 3.8) is 0 Å². The number of nitrogens with one attached hydrogen (secondary N) is 2. The van der Waals surface area contributed by atoms with Gasteiger partial charge in [0, 0.05) is 35.6 Å². The molecule has 110 valence electrons. The summed E-state index contributed by atoms with van der Waals surface area (Å²) in [7, 11) is 0. The number of aromatic amines is 1. The fourth-order valence-electron chi connectivity index (χ4n) is 2.03. The van der Waals surface area contributed by atoms with E-state index >= 15 is 0 Å². The van der Waals surface area contributed by atoms with Gasteiger partial charge in [-0.25, -0.2) is 4.98 Å². The molecular weight excluding hydrogens is 300 g/mol. The standard InChI is InChI=1S/C16H13ClN4O/c17-13-4-2-1-3-12(13)10-19-16-20-14(9-15(22)21-16)11-5-7-18-8-6-11/h1-9H,10H2,(H2,19,20,21,22). The van der Waals surface area contributed by atoms with Crippen molar-refractivity contribution in [1.29, 1.82) is 0 Å². The number of pyridine rings is 1. The molecule has 0 unspecified atom stereocenters. The Balaban J connectivity index is 1.84. The number of nitrogens with zero attached hydrogens (tertiary/aromatic N) is 2. The smallest absolute Gasteiger partial charge is 0.252 e. The lowest BCUT2D eigenvalue weighted by Gasteiger charge is -2.08. The third kappa shape index (κ3) is 3.32. The Labute approximate surface area is 132 Å². The molecule has 0 aliphatic rings. The first-order valence-electron chi connectivity index (χ1n) is 6.71. The van der Waals surface area contributed by atoms with Gasteiger partial charge in [0.1, 0.15) is 0 Å². The van der Waals surface area contributed by atoms with Crippen molar-refractivity contribution in [2.75, 3.05) is 5.32 Å².